The number of nitrogens with one attached hydrogen (secondary N) is 1. The maximum absolute atomic E-state index is 13.2. The number of carbonyl (C=O) groups excluding carboxylic acids is 4. The van der Waals surface area contributed by atoms with Crippen LogP contribution in [-0.2, 0) is 9.59 Å². The van der Waals surface area contributed by atoms with Crippen molar-refractivity contribution in [3.05, 3.63) is 34.9 Å². The average Bonchev–Trinajstić information content (AvgIpc) is 3.08. The molecule has 1 aromatic rings. The lowest BCUT2D eigenvalue weighted by Crippen LogP contribution is -2.39. The van der Waals surface area contributed by atoms with Crippen LogP contribution in [0.4, 0.5) is 0 Å². The smallest absolute Gasteiger partial charge is 0.175 e. The van der Waals surface area contributed by atoms with Crippen LogP contribution in [0.5, 0.6) is 0 Å². The van der Waals surface area contributed by atoms with Gasteiger partial charge in [-0.3, -0.25) is 19.2 Å². The highest BCUT2D eigenvalue weighted by atomic mass is 16.2. The standard InChI is InChI=1S/C30H37NO4/c32-22-2-4-24(26(33)15-22)27-28(34)23-3-1-20(14-25(23)29(27)35)21-16-30(17-21)9-5-18(6-10-30)13-19-7-11-31-12-8-19/h1,3,14,18-19,21,24,27,31H,2,4-13,15-17H2. The van der Waals surface area contributed by atoms with E-state index in [1.165, 1.54) is 76.4 Å². The minimum absolute atomic E-state index is 0.0804. The van der Waals surface area contributed by atoms with E-state index >= 15 is 0 Å². The summed E-state index contributed by atoms with van der Waals surface area (Å²) in [4.78, 5) is 50.4. The lowest BCUT2D eigenvalue weighted by atomic mass is 9.53. The Kier molecular flexibility index (Phi) is 6.03. The van der Waals surface area contributed by atoms with Gasteiger partial charge in [-0.05, 0) is 112 Å². The zero-order valence-electron chi connectivity index (χ0n) is 20.7. The average molecular weight is 476 g/mol. The lowest BCUT2D eigenvalue weighted by molar-refractivity contribution is -0.133. The second-order valence-electron chi connectivity index (χ2n) is 12.3. The van der Waals surface area contributed by atoms with Gasteiger partial charge in [-0.25, -0.2) is 0 Å². The van der Waals surface area contributed by atoms with Crippen LogP contribution in [0.25, 0.3) is 0 Å². The molecule has 2 unspecified atom stereocenters. The van der Waals surface area contributed by atoms with Gasteiger partial charge in [0, 0.05) is 23.5 Å². The summed E-state index contributed by atoms with van der Waals surface area (Å²) in [5.74, 6) is 0.0104. The number of Topliss-reactive ketones (excluding diaryl/α,β-unsaturated/α-hetero) is 4. The summed E-state index contributed by atoms with van der Waals surface area (Å²) in [6.07, 6.45) is 12.4. The molecule has 2 atom stereocenters. The fraction of sp³-hybridized carbons (Fsp3) is 0.667. The van der Waals surface area contributed by atoms with Gasteiger partial charge >= 0.3 is 0 Å². The van der Waals surface area contributed by atoms with Crippen molar-refractivity contribution in [2.75, 3.05) is 13.1 Å². The van der Waals surface area contributed by atoms with E-state index < -0.39 is 11.8 Å². The second-order valence-corrected chi connectivity index (χ2v) is 12.3. The van der Waals surface area contributed by atoms with Crippen molar-refractivity contribution in [3.8, 4) is 0 Å². The van der Waals surface area contributed by atoms with Gasteiger partial charge in [0.2, 0.25) is 0 Å². The van der Waals surface area contributed by atoms with Gasteiger partial charge in [-0.1, -0.05) is 12.1 Å². The Bertz CT molecular complexity index is 1050. The molecule has 1 saturated heterocycles. The predicted molar refractivity (Wildman–Crippen MR) is 133 cm³/mol. The summed E-state index contributed by atoms with van der Waals surface area (Å²) in [5, 5.41) is 3.48. The highest BCUT2D eigenvalue weighted by Crippen LogP contribution is 2.60. The Morgan fingerprint density at radius 2 is 1.51 bits per heavy atom. The minimum atomic E-state index is -0.913. The van der Waals surface area contributed by atoms with Gasteiger partial charge in [0.1, 0.15) is 11.6 Å². The topological polar surface area (TPSA) is 80.3 Å². The normalized spacial score (nSPS) is 35.9. The molecule has 4 aliphatic carbocycles. The van der Waals surface area contributed by atoms with Gasteiger partial charge in [-0.2, -0.15) is 0 Å². The monoisotopic (exact) mass is 475 g/mol. The Labute approximate surface area is 207 Å². The molecule has 3 saturated carbocycles. The van der Waals surface area contributed by atoms with Gasteiger partial charge in [0.25, 0.3) is 0 Å². The molecule has 5 aliphatic rings. The van der Waals surface area contributed by atoms with Crippen LogP contribution in [0.15, 0.2) is 18.2 Å². The highest BCUT2D eigenvalue weighted by Gasteiger charge is 2.49. The highest BCUT2D eigenvalue weighted by molar-refractivity contribution is 6.28. The number of carbonyl (C=O) groups is 4. The maximum Gasteiger partial charge on any atom is 0.175 e. The second kappa shape index (κ2) is 9.06. The molecular formula is C30H37NO4. The third kappa shape index (κ3) is 4.24. The van der Waals surface area contributed by atoms with Crippen molar-refractivity contribution in [2.45, 2.75) is 83.0 Å². The number of ketones is 4. The van der Waals surface area contributed by atoms with Gasteiger partial charge in [0.05, 0.1) is 12.3 Å². The third-order valence-electron chi connectivity index (χ3n) is 10.2. The van der Waals surface area contributed by atoms with Crippen LogP contribution in [0, 0.1) is 29.1 Å². The Morgan fingerprint density at radius 3 is 2.23 bits per heavy atom. The molecule has 1 aromatic carbocycles. The molecule has 1 N–H and O–H groups in total. The summed E-state index contributed by atoms with van der Waals surface area (Å²) in [6, 6.07) is 5.82. The summed E-state index contributed by atoms with van der Waals surface area (Å²) in [6.45, 7) is 2.38. The Hall–Kier alpha value is -2.14. The van der Waals surface area contributed by atoms with E-state index in [4.69, 9.17) is 0 Å². The molecule has 0 radical (unpaired) electrons. The molecule has 1 aliphatic heterocycles. The van der Waals surface area contributed by atoms with Gasteiger partial charge in [0.15, 0.2) is 11.6 Å². The van der Waals surface area contributed by atoms with E-state index in [1.807, 2.05) is 18.2 Å². The van der Waals surface area contributed by atoms with Crippen LogP contribution in [0.1, 0.15) is 109 Å². The van der Waals surface area contributed by atoms with Crippen LogP contribution in [0.3, 0.4) is 0 Å². The number of piperidine rings is 1. The van der Waals surface area contributed by atoms with Crippen LogP contribution in [0.2, 0.25) is 0 Å². The molecule has 5 nitrogen and oxygen atoms in total. The first-order chi connectivity index (χ1) is 16.9. The van der Waals surface area contributed by atoms with Crippen molar-refractivity contribution >= 4 is 23.1 Å². The quantitative estimate of drug-likeness (QED) is 0.616. The molecule has 0 bridgehead atoms. The summed E-state index contributed by atoms with van der Waals surface area (Å²) < 4.78 is 0. The van der Waals surface area contributed by atoms with Crippen molar-refractivity contribution in [1.82, 2.24) is 5.32 Å². The molecule has 1 heterocycles. The van der Waals surface area contributed by atoms with Crippen molar-refractivity contribution < 1.29 is 19.2 Å². The van der Waals surface area contributed by atoms with Gasteiger partial charge < -0.3 is 5.32 Å². The Morgan fingerprint density at radius 1 is 0.829 bits per heavy atom. The van der Waals surface area contributed by atoms with Gasteiger partial charge in [-0.15, -0.1) is 0 Å². The first-order valence-electron chi connectivity index (χ1n) is 13.9. The van der Waals surface area contributed by atoms with E-state index in [0.29, 0.717) is 28.9 Å². The number of hydrogen-bond acceptors (Lipinski definition) is 5. The summed E-state index contributed by atoms with van der Waals surface area (Å²) in [7, 11) is 0. The summed E-state index contributed by atoms with van der Waals surface area (Å²) in [5.41, 5.74) is 2.64. The molecule has 5 heteroatoms. The molecule has 186 valence electrons. The van der Waals surface area contributed by atoms with Crippen molar-refractivity contribution in [1.29, 1.82) is 0 Å². The van der Waals surface area contributed by atoms with E-state index in [2.05, 4.69) is 5.32 Å². The molecular weight excluding hydrogens is 438 g/mol. The van der Waals surface area contributed by atoms with Crippen LogP contribution in [-0.4, -0.2) is 36.2 Å². The van der Waals surface area contributed by atoms with E-state index in [1.54, 1.807) is 0 Å². The summed E-state index contributed by atoms with van der Waals surface area (Å²) >= 11 is 0. The van der Waals surface area contributed by atoms with Crippen LogP contribution >= 0.6 is 0 Å². The first kappa shape index (κ1) is 23.3. The zero-order chi connectivity index (χ0) is 24.2. The lowest BCUT2D eigenvalue weighted by Gasteiger charge is -2.52. The SMILES string of the molecule is O=C1CCC(C2C(=O)c3ccc(C4CC5(CCC(CC6CCNCC6)CC5)C4)cc3C2=O)C(=O)C1. The van der Waals surface area contributed by atoms with Crippen molar-refractivity contribution in [3.63, 3.8) is 0 Å². The number of hydrogen-bond donors (Lipinski definition) is 1. The molecule has 1 spiro atoms. The fourth-order valence-corrected chi connectivity index (χ4v) is 8.04. The van der Waals surface area contributed by atoms with E-state index in [-0.39, 0.29) is 36.0 Å². The fourth-order valence-electron chi connectivity index (χ4n) is 8.04. The number of rotatable bonds is 4. The number of benzene rings is 1. The van der Waals surface area contributed by atoms with E-state index in [0.717, 1.165) is 11.8 Å². The molecule has 0 aromatic heterocycles. The first-order valence-corrected chi connectivity index (χ1v) is 13.9. The molecule has 35 heavy (non-hydrogen) atoms. The van der Waals surface area contributed by atoms with E-state index in [9.17, 15) is 19.2 Å². The molecule has 4 fully saturated rings. The Balaban J connectivity index is 1.08. The molecule has 0 amide bonds. The van der Waals surface area contributed by atoms with Crippen LogP contribution < -0.4 is 5.32 Å². The predicted octanol–water partition coefficient (Wildman–Crippen LogP) is 5.06. The zero-order valence-corrected chi connectivity index (χ0v) is 20.7. The molecule has 6 rings (SSSR count). The number of fused-ring (bicyclic) bond motifs is 1. The third-order valence-corrected chi connectivity index (χ3v) is 10.2. The maximum atomic E-state index is 13.2. The largest absolute Gasteiger partial charge is 0.317 e. The van der Waals surface area contributed by atoms with Crippen molar-refractivity contribution in [2.24, 2.45) is 29.1 Å². The minimum Gasteiger partial charge on any atom is -0.317 e.